The second kappa shape index (κ2) is 7.12. The second-order valence-corrected chi connectivity index (χ2v) is 1.48. The van der Waals surface area contributed by atoms with Gasteiger partial charge in [0.2, 0.25) is 0 Å². The summed E-state index contributed by atoms with van der Waals surface area (Å²) in [6.45, 7) is -0.449. The van der Waals surface area contributed by atoms with Gasteiger partial charge in [-0.1, -0.05) is 0 Å². The molecule has 0 spiro atoms. The first-order valence-corrected chi connectivity index (χ1v) is 2.61. The van der Waals surface area contributed by atoms with Crippen LogP contribution in [0.25, 0.3) is 0 Å². The summed E-state index contributed by atoms with van der Waals surface area (Å²) in [6.07, 6.45) is -0.996. The summed E-state index contributed by atoms with van der Waals surface area (Å²) in [7, 11) is 0. The molecule has 0 aromatic heterocycles. The van der Waals surface area contributed by atoms with Crippen molar-refractivity contribution < 1.29 is 19.1 Å². The number of hydrogen-bond acceptors (Lipinski definition) is 4. The molecule has 8 nitrogen and oxygen atoms in total. The van der Waals surface area contributed by atoms with Crippen molar-refractivity contribution >= 4 is 18.0 Å². The van der Waals surface area contributed by atoms with Gasteiger partial charge in [-0.3, -0.25) is 4.79 Å². The summed E-state index contributed by atoms with van der Waals surface area (Å²) in [5.41, 5.74) is 17.5. The maximum Gasteiger partial charge on any atom is 0.405 e. The summed E-state index contributed by atoms with van der Waals surface area (Å²) >= 11 is 0. The number of carbonyl (C=O) groups excluding carboxylic acids is 3. The van der Waals surface area contributed by atoms with Gasteiger partial charge in [-0.15, -0.1) is 0 Å². The first-order valence-electron chi connectivity index (χ1n) is 2.61. The predicted octanol–water partition coefficient (Wildman–Crippen LogP) is -2.41. The van der Waals surface area contributed by atoms with Crippen molar-refractivity contribution in [2.45, 2.75) is 0 Å². The highest BCUT2D eigenvalue weighted by Crippen LogP contribution is 1.68. The van der Waals surface area contributed by atoms with Crippen LogP contribution >= 0.6 is 0 Å². The number of primary amides is 4. The lowest BCUT2D eigenvalue weighted by Gasteiger charge is -1.92. The van der Waals surface area contributed by atoms with Crippen molar-refractivity contribution in [3.8, 4) is 0 Å². The molecule has 0 aromatic carbocycles. The van der Waals surface area contributed by atoms with Crippen LogP contribution in [0.5, 0.6) is 0 Å². The minimum absolute atomic E-state index is 0.449. The molecule has 0 heterocycles. The second-order valence-electron chi connectivity index (χ2n) is 1.48. The Bertz CT molecular complexity index is 162. The van der Waals surface area contributed by atoms with Gasteiger partial charge < -0.3 is 27.7 Å². The van der Waals surface area contributed by atoms with E-state index < -0.39 is 24.6 Å². The fourth-order valence-electron chi connectivity index (χ4n) is 0.142. The third-order valence-corrected chi connectivity index (χ3v) is 0.357. The number of rotatable bonds is 2. The van der Waals surface area contributed by atoms with Gasteiger partial charge >= 0.3 is 12.1 Å². The van der Waals surface area contributed by atoms with Gasteiger partial charge in [0.1, 0.15) is 0 Å². The number of ether oxygens (including phenoxy) is 1. The van der Waals surface area contributed by atoms with Crippen molar-refractivity contribution in [3.63, 3.8) is 0 Å². The zero-order chi connectivity index (χ0) is 10.1. The first kappa shape index (κ1) is 12.7. The zero-order valence-corrected chi connectivity index (χ0v) is 6.15. The lowest BCUT2D eigenvalue weighted by atomic mass is 10.7. The monoisotopic (exact) mass is 178 g/mol. The Balaban J connectivity index is 0. The molecule has 70 valence electrons. The van der Waals surface area contributed by atoms with Crippen LogP contribution in [0.4, 0.5) is 9.59 Å². The van der Waals surface area contributed by atoms with Crippen molar-refractivity contribution in [3.05, 3.63) is 0 Å². The molecule has 8 heteroatoms. The van der Waals surface area contributed by atoms with E-state index in [9.17, 15) is 9.59 Å². The average molecular weight is 178 g/mol. The van der Waals surface area contributed by atoms with Crippen LogP contribution in [0.2, 0.25) is 0 Å². The van der Waals surface area contributed by atoms with Crippen molar-refractivity contribution in [2.24, 2.45) is 22.9 Å². The predicted molar refractivity (Wildman–Crippen MR) is 38.5 cm³/mol. The van der Waals surface area contributed by atoms with Gasteiger partial charge in [0.05, 0.1) is 0 Å². The van der Waals surface area contributed by atoms with E-state index in [1.165, 1.54) is 0 Å². The van der Waals surface area contributed by atoms with E-state index in [-0.39, 0.29) is 0 Å². The van der Waals surface area contributed by atoms with Gasteiger partial charge in [-0.25, -0.2) is 9.59 Å². The molecule has 0 rings (SSSR count). The molecule has 0 saturated carbocycles. The van der Waals surface area contributed by atoms with Crippen LogP contribution in [0.3, 0.4) is 0 Å². The van der Waals surface area contributed by atoms with Crippen LogP contribution in [0.15, 0.2) is 0 Å². The molecule has 4 amide bonds. The molecule has 0 unspecified atom stereocenters. The SMILES string of the molecule is NC(=O)COC(N)=O.NC(N)=O. The summed E-state index contributed by atoms with van der Waals surface area (Å²) in [5, 5.41) is 0. The van der Waals surface area contributed by atoms with Crippen molar-refractivity contribution in [1.29, 1.82) is 0 Å². The Kier molecular flexibility index (Phi) is 7.52. The summed E-state index contributed by atoms with van der Waals surface area (Å²) in [4.78, 5) is 28.5. The number of nitrogens with two attached hydrogens (primary N) is 4. The Morgan fingerprint density at radius 1 is 1.00 bits per heavy atom. The number of carbonyl (C=O) groups is 3. The van der Waals surface area contributed by atoms with Crippen LogP contribution in [-0.2, 0) is 9.53 Å². The fourth-order valence-corrected chi connectivity index (χ4v) is 0.142. The van der Waals surface area contributed by atoms with E-state index >= 15 is 0 Å². The van der Waals surface area contributed by atoms with Gasteiger partial charge in [-0.05, 0) is 0 Å². The molecule has 0 atom stereocenters. The maximum absolute atomic E-state index is 9.79. The highest BCUT2D eigenvalue weighted by Gasteiger charge is 1.95. The molecule has 0 bridgehead atoms. The van der Waals surface area contributed by atoms with E-state index in [1.54, 1.807) is 0 Å². The van der Waals surface area contributed by atoms with Crippen LogP contribution < -0.4 is 22.9 Å². The summed E-state index contributed by atoms with van der Waals surface area (Å²) in [6, 6.07) is -0.833. The normalized spacial score (nSPS) is 7.33. The maximum atomic E-state index is 9.79. The molecule has 0 saturated heterocycles. The molecular weight excluding hydrogens is 168 g/mol. The zero-order valence-electron chi connectivity index (χ0n) is 6.15. The lowest BCUT2D eigenvalue weighted by molar-refractivity contribution is -0.120. The van der Waals surface area contributed by atoms with Gasteiger partial charge in [0, 0.05) is 0 Å². The summed E-state index contributed by atoms with van der Waals surface area (Å²) in [5.74, 6) is -0.719. The largest absolute Gasteiger partial charge is 0.440 e. The Morgan fingerprint density at radius 2 is 1.33 bits per heavy atom. The molecule has 12 heavy (non-hydrogen) atoms. The third kappa shape index (κ3) is 43.4. The standard InChI is InChI=1S/C3H6N2O3.CH4N2O/c4-2(6)1-8-3(5)7;2-1(3)4/h1H2,(H2,4,6)(H2,5,7);(H4,2,3,4). The molecule has 0 aliphatic carbocycles. The number of amides is 4. The fraction of sp³-hybridized carbons (Fsp3) is 0.250. The Hall–Kier alpha value is -1.99. The number of urea groups is 1. The Labute approximate surface area is 67.8 Å². The molecular formula is C4H10N4O4. The third-order valence-electron chi connectivity index (χ3n) is 0.357. The van der Waals surface area contributed by atoms with Gasteiger partial charge in [-0.2, -0.15) is 0 Å². The van der Waals surface area contributed by atoms with E-state index in [4.69, 9.17) is 4.79 Å². The van der Waals surface area contributed by atoms with Crippen LogP contribution in [-0.4, -0.2) is 24.6 Å². The minimum Gasteiger partial charge on any atom is -0.440 e. The molecule has 0 radical (unpaired) electrons. The van der Waals surface area contributed by atoms with E-state index in [2.05, 4.69) is 27.7 Å². The van der Waals surface area contributed by atoms with Gasteiger partial charge in [0.25, 0.3) is 5.91 Å². The van der Waals surface area contributed by atoms with Crippen molar-refractivity contribution in [1.82, 2.24) is 0 Å². The van der Waals surface area contributed by atoms with E-state index in [0.717, 1.165) is 0 Å². The highest BCUT2D eigenvalue weighted by atomic mass is 16.5. The molecule has 0 aliphatic rings. The smallest absolute Gasteiger partial charge is 0.405 e. The molecule has 0 aliphatic heterocycles. The quantitative estimate of drug-likeness (QED) is 0.370. The van der Waals surface area contributed by atoms with Crippen molar-refractivity contribution in [2.75, 3.05) is 6.61 Å². The first-order chi connectivity index (χ1) is 5.36. The molecule has 0 aromatic rings. The lowest BCUT2D eigenvalue weighted by Crippen LogP contribution is -2.23. The highest BCUT2D eigenvalue weighted by molar-refractivity contribution is 5.77. The van der Waals surface area contributed by atoms with E-state index in [0.29, 0.717) is 0 Å². The summed E-state index contributed by atoms with van der Waals surface area (Å²) < 4.78 is 3.97. The van der Waals surface area contributed by atoms with Crippen LogP contribution in [0.1, 0.15) is 0 Å². The molecule has 8 N–H and O–H groups in total. The van der Waals surface area contributed by atoms with Gasteiger partial charge in [0.15, 0.2) is 6.61 Å². The van der Waals surface area contributed by atoms with Crippen LogP contribution in [0, 0.1) is 0 Å². The molecule has 0 fully saturated rings. The number of hydrogen-bond donors (Lipinski definition) is 4. The topological polar surface area (TPSA) is 165 Å². The Morgan fingerprint density at radius 3 is 1.42 bits per heavy atom. The van der Waals surface area contributed by atoms with E-state index in [1.807, 2.05) is 0 Å². The average Bonchev–Trinajstić information content (AvgIpc) is 1.82. The minimum atomic E-state index is -0.996.